The average molecular weight is 444 g/mol. The summed E-state index contributed by atoms with van der Waals surface area (Å²) in [7, 11) is -8.31. The Morgan fingerprint density at radius 2 is 1.60 bits per heavy atom. The topological polar surface area (TPSA) is 210 Å². The summed E-state index contributed by atoms with van der Waals surface area (Å²) >= 11 is 0. The summed E-state index contributed by atoms with van der Waals surface area (Å²) < 4.78 is 50.3. The van der Waals surface area contributed by atoms with Crippen LogP contribution < -0.4 is 15.2 Å². The monoisotopic (exact) mass is 444 g/mol. The molecule has 0 bridgehead atoms. The Morgan fingerprint density at radius 3 is 2.17 bits per heavy atom. The molecule has 0 radical (unpaired) electrons. The summed E-state index contributed by atoms with van der Waals surface area (Å²) in [6.45, 7) is 0. The minimum atomic E-state index is -4.25. The molecule has 0 saturated carbocycles. The summed E-state index contributed by atoms with van der Waals surface area (Å²) in [6, 6.07) is 12.4. The number of sulfonamides is 2. The highest BCUT2D eigenvalue weighted by Gasteiger charge is 2.19. The molecular weight excluding hydrogens is 432 g/mol. The predicted molar refractivity (Wildman–Crippen MR) is 104 cm³/mol. The lowest BCUT2D eigenvalue weighted by Gasteiger charge is -2.12. The third-order valence-corrected chi connectivity index (χ3v) is 5.83. The molecule has 11 nitrogen and oxygen atoms in total. The first-order valence-corrected chi connectivity index (χ1v) is 10.7. The van der Waals surface area contributed by atoms with Crippen molar-refractivity contribution < 1.29 is 21.9 Å². The number of nitrogens with one attached hydrogen (secondary N) is 2. The molecule has 2 rings (SSSR count). The second-order valence-electron chi connectivity index (χ2n) is 5.57. The van der Waals surface area contributed by atoms with Crippen molar-refractivity contribution in [2.75, 3.05) is 10.0 Å². The number of anilines is 2. The summed E-state index contributed by atoms with van der Waals surface area (Å²) in [6.07, 6.45) is 0. The number of nitrogens with two attached hydrogens (primary N) is 1. The number of aromatic hydroxyl groups is 1. The van der Waals surface area contributed by atoms with Gasteiger partial charge in [-0.15, -0.1) is 0 Å². The van der Waals surface area contributed by atoms with E-state index in [-0.39, 0.29) is 21.2 Å². The molecule has 0 aliphatic heterocycles. The van der Waals surface area contributed by atoms with Crippen molar-refractivity contribution in [3.05, 3.63) is 53.7 Å². The first-order valence-electron chi connectivity index (χ1n) is 7.72. The van der Waals surface area contributed by atoms with Crippen LogP contribution in [-0.2, 0) is 20.0 Å². The van der Waals surface area contributed by atoms with Gasteiger partial charge in [0.05, 0.1) is 21.2 Å². The van der Waals surface area contributed by atoms with Gasteiger partial charge in [-0.25, -0.2) is 22.0 Å². The Kier molecular flexibility index (Phi) is 6.30. The fourth-order valence-electron chi connectivity index (χ4n) is 2.15. The SMILES string of the molecule is N#CC(C#N)=C(C#N)Nc1cc(S(=O)(=O)Nc2cccc(S(N)(=O)=O)c2)ccc1O. The Hall–Kier alpha value is -4.09. The van der Waals surface area contributed by atoms with Gasteiger partial charge in [-0.1, -0.05) is 6.07 Å². The van der Waals surface area contributed by atoms with Crippen LogP contribution in [0.2, 0.25) is 0 Å². The smallest absolute Gasteiger partial charge is 0.261 e. The first-order chi connectivity index (χ1) is 14.0. The van der Waals surface area contributed by atoms with E-state index < -0.39 is 37.1 Å². The van der Waals surface area contributed by atoms with Gasteiger partial charge in [0.15, 0.2) is 5.57 Å². The zero-order valence-electron chi connectivity index (χ0n) is 14.9. The highest BCUT2D eigenvalue weighted by atomic mass is 32.2. The van der Waals surface area contributed by atoms with Gasteiger partial charge in [0.1, 0.15) is 29.7 Å². The Bertz CT molecular complexity index is 1360. The third-order valence-electron chi connectivity index (χ3n) is 3.54. The van der Waals surface area contributed by atoms with E-state index in [0.29, 0.717) is 0 Å². The summed E-state index contributed by atoms with van der Waals surface area (Å²) in [5, 5.41) is 44.1. The van der Waals surface area contributed by atoms with Crippen LogP contribution in [0.3, 0.4) is 0 Å². The molecule has 0 aliphatic carbocycles. The van der Waals surface area contributed by atoms with Crippen LogP contribution in [0, 0.1) is 34.0 Å². The molecule has 0 aliphatic rings. The quantitative estimate of drug-likeness (QED) is 0.370. The number of phenols is 1. The zero-order valence-corrected chi connectivity index (χ0v) is 16.5. The van der Waals surface area contributed by atoms with E-state index in [1.165, 1.54) is 30.3 Å². The van der Waals surface area contributed by atoms with Crippen LogP contribution in [0.1, 0.15) is 0 Å². The van der Waals surface area contributed by atoms with Crippen LogP contribution in [0.15, 0.2) is 63.5 Å². The largest absolute Gasteiger partial charge is 0.506 e. The summed E-state index contributed by atoms with van der Waals surface area (Å²) in [5.74, 6) is -0.451. The molecule has 0 aromatic heterocycles. The molecular formula is C17H12N6O5S2. The molecule has 0 atom stereocenters. The van der Waals surface area contributed by atoms with Crippen molar-refractivity contribution in [3.8, 4) is 24.0 Å². The van der Waals surface area contributed by atoms with E-state index in [9.17, 15) is 21.9 Å². The highest BCUT2D eigenvalue weighted by Crippen LogP contribution is 2.29. The summed E-state index contributed by atoms with van der Waals surface area (Å²) in [4.78, 5) is -0.670. The molecule has 0 fully saturated rings. The predicted octanol–water partition coefficient (Wildman–Crippen LogP) is 1.08. The average Bonchev–Trinajstić information content (AvgIpc) is 2.68. The lowest BCUT2D eigenvalue weighted by atomic mass is 10.2. The number of rotatable bonds is 6. The number of nitrogens with zero attached hydrogens (tertiary/aromatic N) is 3. The fourth-order valence-corrected chi connectivity index (χ4v) is 3.79. The van der Waals surface area contributed by atoms with Crippen molar-refractivity contribution in [3.63, 3.8) is 0 Å². The van der Waals surface area contributed by atoms with E-state index in [1.54, 1.807) is 6.07 Å². The van der Waals surface area contributed by atoms with Gasteiger partial charge in [0.2, 0.25) is 10.0 Å². The second kappa shape index (κ2) is 8.51. The normalized spacial score (nSPS) is 10.7. The van der Waals surface area contributed by atoms with Gasteiger partial charge in [-0.3, -0.25) is 4.72 Å². The Morgan fingerprint density at radius 1 is 0.933 bits per heavy atom. The second-order valence-corrected chi connectivity index (χ2v) is 8.81. The lowest BCUT2D eigenvalue weighted by molar-refractivity contribution is 0.477. The minimum Gasteiger partial charge on any atom is -0.506 e. The molecule has 30 heavy (non-hydrogen) atoms. The third kappa shape index (κ3) is 5.04. The van der Waals surface area contributed by atoms with E-state index in [2.05, 4.69) is 10.0 Å². The summed E-state index contributed by atoms with van der Waals surface area (Å²) in [5.41, 5.74) is -1.39. The van der Waals surface area contributed by atoms with Crippen molar-refractivity contribution in [1.29, 1.82) is 15.8 Å². The maximum Gasteiger partial charge on any atom is 0.261 e. The van der Waals surface area contributed by atoms with Crippen LogP contribution in [0.4, 0.5) is 11.4 Å². The number of hydrogen-bond donors (Lipinski definition) is 4. The van der Waals surface area contributed by atoms with Gasteiger partial charge in [-0.2, -0.15) is 15.8 Å². The van der Waals surface area contributed by atoms with E-state index >= 15 is 0 Å². The standard InChI is InChI=1S/C17H12N6O5S2/c18-8-11(9-19)16(10-20)22-15-7-14(4-5-17(15)24)30(27,28)23-12-2-1-3-13(6-12)29(21,25)26/h1-7,22-24H,(H2,21,25,26). The van der Waals surface area contributed by atoms with Gasteiger partial charge in [0.25, 0.3) is 10.0 Å². The van der Waals surface area contributed by atoms with Crippen molar-refractivity contribution >= 4 is 31.4 Å². The van der Waals surface area contributed by atoms with E-state index in [4.69, 9.17) is 20.9 Å². The molecule has 2 aromatic carbocycles. The molecule has 13 heteroatoms. The van der Waals surface area contributed by atoms with Crippen LogP contribution >= 0.6 is 0 Å². The number of phenolic OH excluding ortho intramolecular Hbond substituents is 1. The number of primary sulfonamides is 1. The Labute approximate surface area is 172 Å². The molecule has 0 amide bonds. The van der Waals surface area contributed by atoms with Gasteiger partial charge >= 0.3 is 0 Å². The van der Waals surface area contributed by atoms with E-state index in [0.717, 1.165) is 24.3 Å². The number of hydrogen-bond acceptors (Lipinski definition) is 9. The highest BCUT2D eigenvalue weighted by molar-refractivity contribution is 7.92. The maximum atomic E-state index is 12.6. The fraction of sp³-hybridized carbons (Fsp3) is 0. The zero-order chi connectivity index (χ0) is 22.5. The molecule has 0 heterocycles. The van der Waals surface area contributed by atoms with Gasteiger partial charge < -0.3 is 10.4 Å². The minimum absolute atomic E-state index is 0.0852. The van der Waals surface area contributed by atoms with Crippen molar-refractivity contribution in [2.24, 2.45) is 5.14 Å². The van der Waals surface area contributed by atoms with E-state index in [1.807, 2.05) is 0 Å². The van der Waals surface area contributed by atoms with Crippen LogP contribution in [-0.4, -0.2) is 21.9 Å². The molecule has 152 valence electrons. The molecule has 0 unspecified atom stereocenters. The van der Waals surface area contributed by atoms with Crippen molar-refractivity contribution in [1.82, 2.24) is 0 Å². The molecule has 0 saturated heterocycles. The van der Waals surface area contributed by atoms with Gasteiger partial charge in [0, 0.05) is 0 Å². The first kappa shape index (κ1) is 22.2. The molecule has 5 N–H and O–H groups in total. The number of benzene rings is 2. The van der Waals surface area contributed by atoms with Crippen LogP contribution in [0.5, 0.6) is 5.75 Å². The Balaban J connectivity index is 2.45. The van der Waals surface area contributed by atoms with Gasteiger partial charge in [-0.05, 0) is 36.4 Å². The number of nitriles is 3. The number of allylic oxidation sites excluding steroid dienone is 2. The lowest BCUT2D eigenvalue weighted by Crippen LogP contribution is -2.15. The maximum absolute atomic E-state index is 12.6. The molecule has 2 aromatic rings. The van der Waals surface area contributed by atoms with Crippen LogP contribution in [0.25, 0.3) is 0 Å². The van der Waals surface area contributed by atoms with Crippen molar-refractivity contribution in [2.45, 2.75) is 9.79 Å². The molecule has 0 spiro atoms.